The first-order chi connectivity index (χ1) is 14.6. The van der Waals surface area contributed by atoms with Crippen molar-refractivity contribution >= 4 is 28.9 Å². The highest BCUT2D eigenvalue weighted by molar-refractivity contribution is 5.82. The van der Waals surface area contributed by atoms with Gasteiger partial charge in [-0.1, -0.05) is 48.5 Å². The molecule has 2 heterocycles. The fraction of sp³-hybridized carbons (Fsp3) is 0.190. The van der Waals surface area contributed by atoms with Crippen LogP contribution in [0, 0.1) is 10.1 Å². The van der Waals surface area contributed by atoms with Crippen LogP contribution in [0.5, 0.6) is 0 Å². The Balaban J connectivity index is 1.58. The van der Waals surface area contributed by atoms with Gasteiger partial charge in [0.25, 0.3) is 0 Å². The number of fused-ring (bicyclic) bond motifs is 1. The molecular formula is C21H20N6O3. The van der Waals surface area contributed by atoms with Gasteiger partial charge in [-0.05, 0) is 30.0 Å². The van der Waals surface area contributed by atoms with E-state index in [1.807, 2.05) is 59.5 Å². The molecule has 9 nitrogen and oxygen atoms in total. The molecule has 2 aromatic carbocycles. The minimum atomic E-state index is -0.530. The molecule has 152 valence electrons. The molecule has 2 N–H and O–H groups in total. The summed E-state index contributed by atoms with van der Waals surface area (Å²) < 4.78 is 0. The number of carbonyl (C=O) groups is 1. The number of carbonyl (C=O) groups excluding carboxylic acids is 1. The van der Waals surface area contributed by atoms with Crippen LogP contribution in [0.15, 0.2) is 60.9 Å². The van der Waals surface area contributed by atoms with Gasteiger partial charge in [-0.15, -0.1) is 0 Å². The number of hydrogen-bond acceptors (Lipinski definition) is 7. The van der Waals surface area contributed by atoms with Crippen LogP contribution >= 0.6 is 0 Å². The second-order valence-electron chi connectivity index (χ2n) is 6.87. The van der Waals surface area contributed by atoms with E-state index in [-0.39, 0.29) is 29.7 Å². The van der Waals surface area contributed by atoms with Gasteiger partial charge >= 0.3 is 5.69 Å². The molecule has 0 bridgehead atoms. The monoisotopic (exact) mass is 404 g/mol. The Morgan fingerprint density at radius 1 is 1.10 bits per heavy atom. The standard InChI is InChI=1S/C21H20N6O3/c28-18(13-15-7-2-1-3-8-15)24-25-20-19(27(29)30)21(23-14-22-20)26-12-6-10-16-9-4-5-11-17(16)26/h1-5,7-9,11,14H,6,10,12-13H2,(H,24,28)(H,22,23,25). The van der Waals surface area contributed by atoms with E-state index >= 15 is 0 Å². The number of para-hydroxylation sites is 1. The van der Waals surface area contributed by atoms with Gasteiger partial charge in [-0.25, -0.2) is 9.97 Å². The molecule has 0 atom stereocenters. The van der Waals surface area contributed by atoms with E-state index in [1.54, 1.807) is 0 Å². The molecule has 1 amide bonds. The molecule has 0 aliphatic carbocycles. The molecule has 30 heavy (non-hydrogen) atoms. The van der Waals surface area contributed by atoms with Crippen molar-refractivity contribution < 1.29 is 9.72 Å². The lowest BCUT2D eigenvalue weighted by molar-refractivity contribution is -0.383. The zero-order chi connectivity index (χ0) is 20.9. The first-order valence-corrected chi connectivity index (χ1v) is 9.57. The number of rotatable bonds is 6. The Morgan fingerprint density at radius 3 is 2.67 bits per heavy atom. The number of amides is 1. The molecule has 0 fully saturated rings. The van der Waals surface area contributed by atoms with E-state index in [0.717, 1.165) is 29.7 Å². The predicted octanol–water partition coefficient (Wildman–Crippen LogP) is 3.15. The third kappa shape index (κ3) is 4.04. The highest BCUT2D eigenvalue weighted by atomic mass is 16.6. The summed E-state index contributed by atoms with van der Waals surface area (Å²) in [4.78, 5) is 33.6. The van der Waals surface area contributed by atoms with Crippen molar-refractivity contribution in [3.63, 3.8) is 0 Å². The molecule has 1 aromatic heterocycles. The average molecular weight is 404 g/mol. The average Bonchev–Trinajstić information content (AvgIpc) is 2.77. The van der Waals surface area contributed by atoms with Crippen LogP contribution in [0.2, 0.25) is 0 Å². The molecule has 0 radical (unpaired) electrons. The molecule has 1 aliphatic rings. The number of nitrogens with zero attached hydrogens (tertiary/aromatic N) is 4. The topological polar surface area (TPSA) is 113 Å². The Labute approximate surface area is 172 Å². The van der Waals surface area contributed by atoms with Crippen LogP contribution < -0.4 is 15.8 Å². The van der Waals surface area contributed by atoms with Gasteiger partial charge < -0.3 is 4.90 Å². The van der Waals surface area contributed by atoms with Crippen LogP contribution in [0.1, 0.15) is 17.5 Å². The van der Waals surface area contributed by atoms with Crippen molar-refractivity contribution in [2.75, 3.05) is 16.9 Å². The summed E-state index contributed by atoms with van der Waals surface area (Å²) in [5.74, 6) is -0.199. The summed E-state index contributed by atoms with van der Waals surface area (Å²) in [5.41, 5.74) is 7.65. The van der Waals surface area contributed by atoms with Gasteiger partial charge in [0.1, 0.15) is 6.33 Å². The second-order valence-corrected chi connectivity index (χ2v) is 6.87. The fourth-order valence-corrected chi connectivity index (χ4v) is 3.53. The Kier molecular flexibility index (Phi) is 5.51. The smallest absolute Gasteiger partial charge is 0.320 e. The van der Waals surface area contributed by atoms with Crippen LogP contribution in [0.3, 0.4) is 0 Å². The number of nitro groups is 1. The first kappa shape index (κ1) is 19.3. The van der Waals surface area contributed by atoms with Crippen molar-refractivity contribution in [3.05, 3.63) is 82.2 Å². The SMILES string of the molecule is O=C(Cc1ccccc1)NNc1ncnc(N2CCCc3ccccc32)c1[N+](=O)[O-]. The summed E-state index contributed by atoms with van der Waals surface area (Å²) in [5, 5.41) is 11.9. The molecule has 9 heteroatoms. The zero-order valence-electron chi connectivity index (χ0n) is 16.1. The maximum Gasteiger partial charge on any atom is 0.355 e. The maximum atomic E-state index is 12.2. The summed E-state index contributed by atoms with van der Waals surface area (Å²) in [6, 6.07) is 17.0. The number of hydrogen-bond donors (Lipinski definition) is 2. The van der Waals surface area contributed by atoms with Gasteiger partial charge in [0, 0.05) is 12.2 Å². The Hall–Kier alpha value is -4.01. The third-order valence-electron chi connectivity index (χ3n) is 4.88. The number of nitrogens with one attached hydrogen (secondary N) is 2. The summed E-state index contributed by atoms with van der Waals surface area (Å²) in [6.07, 6.45) is 3.16. The molecule has 1 aliphatic heterocycles. The van der Waals surface area contributed by atoms with E-state index in [4.69, 9.17) is 0 Å². The van der Waals surface area contributed by atoms with Gasteiger partial charge in [-0.2, -0.15) is 0 Å². The van der Waals surface area contributed by atoms with Gasteiger partial charge in [0.15, 0.2) is 0 Å². The number of anilines is 3. The molecular weight excluding hydrogens is 384 g/mol. The van der Waals surface area contributed by atoms with Crippen molar-refractivity contribution in [2.24, 2.45) is 0 Å². The Bertz CT molecular complexity index is 1070. The number of aryl methyl sites for hydroxylation is 1. The lowest BCUT2D eigenvalue weighted by atomic mass is 10.0. The number of aromatic nitrogens is 2. The lowest BCUT2D eigenvalue weighted by Crippen LogP contribution is -2.32. The van der Waals surface area contributed by atoms with Crippen molar-refractivity contribution in [1.82, 2.24) is 15.4 Å². The molecule has 3 aromatic rings. The molecule has 0 spiro atoms. The predicted molar refractivity (Wildman–Crippen MR) is 112 cm³/mol. The molecule has 0 saturated heterocycles. The number of hydrazine groups is 1. The molecule has 0 saturated carbocycles. The van der Waals surface area contributed by atoms with E-state index in [0.29, 0.717) is 6.54 Å². The molecule has 4 rings (SSSR count). The van der Waals surface area contributed by atoms with Crippen molar-refractivity contribution in [2.45, 2.75) is 19.3 Å². The van der Waals surface area contributed by atoms with E-state index in [9.17, 15) is 14.9 Å². The van der Waals surface area contributed by atoms with Crippen molar-refractivity contribution in [3.8, 4) is 0 Å². The highest BCUT2D eigenvalue weighted by Crippen LogP contribution is 2.39. The quantitative estimate of drug-likeness (QED) is 0.479. The minimum Gasteiger partial charge on any atom is -0.320 e. The second kappa shape index (κ2) is 8.56. The van der Waals surface area contributed by atoms with E-state index in [2.05, 4.69) is 20.8 Å². The van der Waals surface area contributed by atoms with Gasteiger partial charge in [0.05, 0.1) is 11.3 Å². The highest BCUT2D eigenvalue weighted by Gasteiger charge is 2.30. The van der Waals surface area contributed by atoms with E-state index < -0.39 is 4.92 Å². The zero-order valence-corrected chi connectivity index (χ0v) is 16.1. The Morgan fingerprint density at radius 2 is 1.87 bits per heavy atom. The van der Waals surface area contributed by atoms with Crippen LogP contribution in [-0.4, -0.2) is 27.3 Å². The lowest BCUT2D eigenvalue weighted by Gasteiger charge is -2.30. The van der Waals surface area contributed by atoms with Crippen molar-refractivity contribution in [1.29, 1.82) is 0 Å². The van der Waals surface area contributed by atoms with Crippen LogP contribution in [0.4, 0.5) is 23.0 Å². The summed E-state index contributed by atoms with van der Waals surface area (Å²) >= 11 is 0. The van der Waals surface area contributed by atoms with E-state index in [1.165, 1.54) is 6.33 Å². The summed E-state index contributed by atoms with van der Waals surface area (Å²) in [7, 11) is 0. The molecule has 0 unspecified atom stereocenters. The largest absolute Gasteiger partial charge is 0.355 e. The minimum absolute atomic E-state index is 0.0607. The normalized spacial score (nSPS) is 12.7. The maximum absolute atomic E-state index is 12.2. The van der Waals surface area contributed by atoms with Crippen LogP contribution in [0.25, 0.3) is 0 Å². The van der Waals surface area contributed by atoms with Gasteiger partial charge in [0.2, 0.25) is 17.5 Å². The summed E-state index contributed by atoms with van der Waals surface area (Å²) in [6.45, 7) is 0.606. The van der Waals surface area contributed by atoms with Gasteiger partial charge in [-0.3, -0.25) is 25.8 Å². The fourth-order valence-electron chi connectivity index (χ4n) is 3.53. The third-order valence-corrected chi connectivity index (χ3v) is 4.88. The first-order valence-electron chi connectivity index (χ1n) is 9.57. The van der Waals surface area contributed by atoms with Crippen LogP contribution in [-0.2, 0) is 17.6 Å². The number of benzene rings is 2.